The Balaban J connectivity index is 2.26. The molecule has 108 valence electrons. The molecule has 0 radical (unpaired) electrons. The Bertz CT molecular complexity index is 593. The van der Waals surface area contributed by atoms with Crippen molar-refractivity contribution < 1.29 is 0 Å². The Kier molecular flexibility index (Phi) is 5.08. The van der Waals surface area contributed by atoms with E-state index in [-0.39, 0.29) is 6.04 Å². The van der Waals surface area contributed by atoms with Gasteiger partial charge in [-0.15, -0.1) is 0 Å². The molecule has 0 saturated heterocycles. The maximum absolute atomic E-state index is 6.08. The summed E-state index contributed by atoms with van der Waals surface area (Å²) in [5.41, 5.74) is 3.38. The van der Waals surface area contributed by atoms with E-state index in [9.17, 15) is 0 Å². The van der Waals surface area contributed by atoms with Crippen LogP contribution in [0, 0.1) is 6.92 Å². The average molecular weight is 312 g/mol. The molecule has 0 amide bonds. The molecular formula is C15H19Cl2N3. The molecule has 0 aliphatic heterocycles. The summed E-state index contributed by atoms with van der Waals surface area (Å²) in [5.74, 6) is 0. The summed E-state index contributed by atoms with van der Waals surface area (Å²) in [5, 5.41) is 9.04. The molecule has 0 aliphatic rings. The van der Waals surface area contributed by atoms with Crippen LogP contribution in [-0.2, 0) is 13.0 Å². The fourth-order valence-electron chi connectivity index (χ4n) is 2.36. The van der Waals surface area contributed by atoms with Gasteiger partial charge in [0.15, 0.2) is 0 Å². The highest BCUT2D eigenvalue weighted by Gasteiger charge is 2.16. The topological polar surface area (TPSA) is 29.9 Å². The zero-order valence-electron chi connectivity index (χ0n) is 12.0. The maximum Gasteiger partial charge on any atom is 0.0597 e. The summed E-state index contributed by atoms with van der Waals surface area (Å²) in [6.45, 7) is 4.98. The molecule has 1 atom stereocenters. The fraction of sp³-hybridized carbons (Fsp3) is 0.400. The highest BCUT2D eigenvalue weighted by molar-refractivity contribution is 6.42. The molecule has 3 nitrogen and oxygen atoms in total. The normalized spacial score (nSPS) is 12.7. The lowest BCUT2D eigenvalue weighted by atomic mass is 10.0. The molecule has 2 rings (SSSR count). The third-order valence-electron chi connectivity index (χ3n) is 3.36. The predicted octanol–water partition coefficient (Wildman–Crippen LogP) is 4.02. The molecule has 0 bridgehead atoms. The van der Waals surface area contributed by atoms with Crippen molar-refractivity contribution in [2.24, 2.45) is 0 Å². The smallest absolute Gasteiger partial charge is 0.0597 e. The number of likely N-dealkylation sites (N-methyl/N-ethyl adjacent to an activating group) is 1. The molecule has 5 heteroatoms. The monoisotopic (exact) mass is 311 g/mol. The van der Waals surface area contributed by atoms with Gasteiger partial charge in [0.25, 0.3) is 0 Å². The van der Waals surface area contributed by atoms with Gasteiger partial charge in [-0.2, -0.15) is 5.10 Å². The van der Waals surface area contributed by atoms with Gasteiger partial charge in [-0.25, -0.2) is 0 Å². The van der Waals surface area contributed by atoms with Crippen LogP contribution in [-0.4, -0.2) is 16.8 Å². The second-order valence-corrected chi connectivity index (χ2v) is 5.63. The molecule has 0 saturated carbocycles. The predicted molar refractivity (Wildman–Crippen MR) is 84.6 cm³/mol. The highest BCUT2D eigenvalue weighted by Crippen LogP contribution is 2.26. The number of halogens is 2. The Morgan fingerprint density at radius 2 is 2.00 bits per heavy atom. The lowest BCUT2D eigenvalue weighted by Crippen LogP contribution is -2.22. The van der Waals surface area contributed by atoms with Crippen LogP contribution in [0.4, 0.5) is 0 Å². The van der Waals surface area contributed by atoms with E-state index in [1.165, 1.54) is 5.69 Å². The summed E-state index contributed by atoms with van der Waals surface area (Å²) in [4.78, 5) is 0. The minimum atomic E-state index is 0.202. The van der Waals surface area contributed by atoms with E-state index in [0.717, 1.165) is 24.2 Å². The van der Waals surface area contributed by atoms with Gasteiger partial charge in [-0.3, -0.25) is 4.68 Å². The van der Waals surface area contributed by atoms with Crippen molar-refractivity contribution in [3.8, 4) is 0 Å². The van der Waals surface area contributed by atoms with Crippen LogP contribution in [0.2, 0.25) is 10.0 Å². The van der Waals surface area contributed by atoms with Crippen LogP contribution < -0.4 is 5.32 Å². The summed E-state index contributed by atoms with van der Waals surface area (Å²) in [6.07, 6.45) is 0.846. The first-order valence-electron chi connectivity index (χ1n) is 6.70. The second kappa shape index (κ2) is 6.61. The highest BCUT2D eigenvalue weighted by atomic mass is 35.5. The number of aromatic nitrogens is 2. The zero-order chi connectivity index (χ0) is 14.7. The lowest BCUT2D eigenvalue weighted by molar-refractivity contribution is 0.512. The third kappa shape index (κ3) is 3.35. The Labute approximate surface area is 129 Å². The van der Waals surface area contributed by atoms with Gasteiger partial charge >= 0.3 is 0 Å². The van der Waals surface area contributed by atoms with Crippen molar-refractivity contribution in [1.29, 1.82) is 0 Å². The number of nitrogens with zero attached hydrogens (tertiary/aromatic N) is 2. The number of hydrogen-bond acceptors (Lipinski definition) is 2. The van der Waals surface area contributed by atoms with E-state index in [2.05, 4.69) is 23.4 Å². The molecule has 0 aliphatic carbocycles. The van der Waals surface area contributed by atoms with E-state index in [1.807, 2.05) is 36.9 Å². The van der Waals surface area contributed by atoms with E-state index in [0.29, 0.717) is 10.0 Å². The Morgan fingerprint density at radius 1 is 1.25 bits per heavy atom. The SMILES string of the molecule is CCn1nc(C)cc1C(Cc1ccc(Cl)c(Cl)c1)NC. The molecule has 2 aromatic rings. The minimum Gasteiger partial charge on any atom is -0.311 e. The van der Waals surface area contributed by atoms with Gasteiger partial charge in [0.05, 0.1) is 27.5 Å². The first-order valence-corrected chi connectivity index (χ1v) is 7.46. The van der Waals surface area contributed by atoms with Crippen LogP contribution in [0.25, 0.3) is 0 Å². The van der Waals surface area contributed by atoms with Gasteiger partial charge in [0, 0.05) is 6.54 Å². The van der Waals surface area contributed by atoms with Crippen LogP contribution in [0.3, 0.4) is 0 Å². The van der Waals surface area contributed by atoms with Crippen LogP contribution in [0.15, 0.2) is 24.3 Å². The summed E-state index contributed by atoms with van der Waals surface area (Å²) < 4.78 is 2.04. The van der Waals surface area contributed by atoms with Gasteiger partial charge in [-0.05, 0) is 51.1 Å². The van der Waals surface area contributed by atoms with E-state index < -0.39 is 0 Å². The van der Waals surface area contributed by atoms with Crippen molar-refractivity contribution in [1.82, 2.24) is 15.1 Å². The third-order valence-corrected chi connectivity index (χ3v) is 4.10. The first kappa shape index (κ1) is 15.4. The lowest BCUT2D eigenvalue weighted by Gasteiger charge is -2.18. The van der Waals surface area contributed by atoms with Crippen molar-refractivity contribution >= 4 is 23.2 Å². The molecular weight excluding hydrogens is 293 g/mol. The zero-order valence-corrected chi connectivity index (χ0v) is 13.5. The molecule has 1 N–H and O–H groups in total. The van der Waals surface area contributed by atoms with Gasteiger partial charge in [0.2, 0.25) is 0 Å². The van der Waals surface area contributed by atoms with Crippen LogP contribution in [0.1, 0.15) is 29.9 Å². The number of benzene rings is 1. The van der Waals surface area contributed by atoms with E-state index in [1.54, 1.807) is 0 Å². The van der Waals surface area contributed by atoms with Gasteiger partial charge in [0.1, 0.15) is 0 Å². The largest absolute Gasteiger partial charge is 0.311 e. The number of aryl methyl sites for hydroxylation is 2. The summed E-state index contributed by atoms with van der Waals surface area (Å²) >= 11 is 12.0. The molecule has 20 heavy (non-hydrogen) atoms. The number of nitrogens with one attached hydrogen (secondary N) is 1. The second-order valence-electron chi connectivity index (χ2n) is 4.82. The van der Waals surface area contributed by atoms with Gasteiger partial charge < -0.3 is 5.32 Å². The van der Waals surface area contributed by atoms with Crippen molar-refractivity contribution in [2.45, 2.75) is 32.9 Å². The van der Waals surface area contributed by atoms with E-state index in [4.69, 9.17) is 23.2 Å². The standard InChI is InChI=1S/C15H19Cl2N3/c1-4-20-15(7-10(2)19-20)14(18-3)9-11-5-6-12(16)13(17)8-11/h5-8,14,18H,4,9H2,1-3H3. The summed E-state index contributed by atoms with van der Waals surface area (Å²) in [7, 11) is 1.96. The van der Waals surface area contributed by atoms with Crippen LogP contribution >= 0.6 is 23.2 Å². The number of rotatable bonds is 5. The Hall–Kier alpha value is -1.03. The van der Waals surface area contributed by atoms with Gasteiger partial charge in [-0.1, -0.05) is 29.3 Å². The molecule has 1 unspecified atom stereocenters. The molecule has 0 fully saturated rings. The average Bonchev–Trinajstić information content (AvgIpc) is 2.81. The number of hydrogen-bond donors (Lipinski definition) is 1. The van der Waals surface area contributed by atoms with Crippen molar-refractivity contribution in [2.75, 3.05) is 7.05 Å². The maximum atomic E-state index is 6.08. The molecule has 1 aromatic heterocycles. The summed E-state index contributed by atoms with van der Waals surface area (Å²) in [6, 6.07) is 8.11. The fourth-order valence-corrected chi connectivity index (χ4v) is 2.68. The molecule has 1 aromatic carbocycles. The van der Waals surface area contributed by atoms with Crippen molar-refractivity contribution in [3.05, 3.63) is 51.3 Å². The molecule has 0 spiro atoms. The minimum absolute atomic E-state index is 0.202. The quantitative estimate of drug-likeness (QED) is 0.903. The van der Waals surface area contributed by atoms with Crippen molar-refractivity contribution in [3.63, 3.8) is 0 Å². The van der Waals surface area contributed by atoms with E-state index >= 15 is 0 Å². The Morgan fingerprint density at radius 3 is 2.60 bits per heavy atom. The first-order chi connectivity index (χ1) is 9.55. The van der Waals surface area contributed by atoms with Crippen LogP contribution in [0.5, 0.6) is 0 Å². The molecule has 1 heterocycles.